The first-order valence-corrected chi connectivity index (χ1v) is 15.7. The predicted molar refractivity (Wildman–Crippen MR) is 168 cm³/mol. The van der Waals surface area contributed by atoms with Gasteiger partial charge in [0.15, 0.2) is 0 Å². The third kappa shape index (κ3) is 8.64. The zero-order valence-electron chi connectivity index (χ0n) is 25.4. The van der Waals surface area contributed by atoms with Gasteiger partial charge in [0.05, 0.1) is 4.90 Å². The molecule has 0 radical (unpaired) electrons. The molecule has 2 atom stereocenters. The first-order valence-electron chi connectivity index (χ1n) is 14.2. The number of hydrogen-bond acceptors (Lipinski definition) is 2. The summed E-state index contributed by atoms with van der Waals surface area (Å²) < 4.78 is 36.4. The van der Waals surface area contributed by atoms with Crippen molar-refractivity contribution in [3.63, 3.8) is 0 Å². The molecule has 0 aliphatic carbocycles. The highest BCUT2D eigenvalue weighted by Gasteiger charge is 2.23. The number of hydrogen-bond donors (Lipinski definition) is 1. The number of nitrogens with zero attached hydrogens (tertiary/aromatic N) is 2. The van der Waals surface area contributed by atoms with Gasteiger partial charge in [-0.3, -0.25) is 4.55 Å². The Balaban J connectivity index is 0.00000462. The molecule has 0 amide bonds. The van der Waals surface area contributed by atoms with Gasteiger partial charge in [0, 0.05) is 0 Å². The lowest BCUT2D eigenvalue weighted by molar-refractivity contribution is -0.687. The van der Waals surface area contributed by atoms with Gasteiger partial charge in [-0.25, -0.2) is 9.13 Å². The SMILES string of the molecule is CCC(C)c1ccc(Cn2cc[n+](Cc3ccc(C(C)CCC(C)(C)c4ccc(S(=O)(=O)O)cc4)cc3)c2)cc1.[CH3-]. The Hall–Kier alpha value is -3.22. The van der Waals surface area contributed by atoms with Crippen molar-refractivity contribution in [2.45, 2.75) is 89.1 Å². The highest BCUT2D eigenvalue weighted by molar-refractivity contribution is 7.85. The van der Waals surface area contributed by atoms with Crippen LogP contribution >= 0.6 is 0 Å². The van der Waals surface area contributed by atoms with E-state index in [0.717, 1.165) is 37.9 Å². The topological polar surface area (TPSA) is 63.2 Å². The molecule has 1 heterocycles. The van der Waals surface area contributed by atoms with Crippen LogP contribution in [0.25, 0.3) is 0 Å². The smallest absolute Gasteiger partial charge is 0.294 e. The van der Waals surface area contributed by atoms with Crippen molar-refractivity contribution in [3.8, 4) is 0 Å². The van der Waals surface area contributed by atoms with E-state index < -0.39 is 10.1 Å². The molecule has 0 saturated carbocycles. The van der Waals surface area contributed by atoms with Gasteiger partial charge < -0.3 is 7.43 Å². The molecule has 1 N–H and O–H groups in total. The van der Waals surface area contributed by atoms with Gasteiger partial charge in [0.2, 0.25) is 6.33 Å². The zero-order valence-corrected chi connectivity index (χ0v) is 26.2. The Labute approximate surface area is 247 Å². The van der Waals surface area contributed by atoms with Gasteiger partial charge in [-0.05, 0) is 76.5 Å². The minimum atomic E-state index is -4.17. The summed E-state index contributed by atoms with van der Waals surface area (Å²) >= 11 is 0. The lowest BCUT2D eigenvalue weighted by atomic mass is 9.78. The molecule has 0 spiro atoms. The predicted octanol–water partition coefficient (Wildman–Crippen LogP) is 7.94. The van der Waals surface area contributed by atoms with Crippen molar-refractivity contribution in [2.75, 3.05) is 0 Å². The van der Waals surface area contributed by atoms with Crippen LogP contribution in [0.15, 0.2) is 96.4 Å². The van der Waals surface area contributed by atoms with Crippen LogP contribution in [0.2, 0.25) is 0 Å². The van der Waals surface area contributed by atoms with Gasteiger partial charge in [-0.2, -0.15) is 8.42 Å². The maximum atomic E-state index is 11.3. The van der Waals surface area contributed by atoms with Crippen molar-refractivity contribution < 1.29 is 17.5 Å². The number of benzene rings is 3. The van der Waals surface area contributed by atoms with E-state index in [9.17, 15) is 13.0 Å². The van der Waals surface area contributed by atoms with E-state index in [0.29, 0.717) is 11.8 Å². The van der Waals surface area contributed by atoms with E-state index in [1.54, 1.807) is 12.1 Å². The van der Waals surface area contributed by atoms with Gasteiger partial charge in [0.25, 0.3) is 10.1 Å². The van der Waals surface area contributed by atoms with Crippen molar-refractivity contribution in [2.24, 2.45) is 0 Å². The fourth-order valence-corrected chi connectivity index (χ4v) is 5.63. The molecule has 0 aliphatic heterocycles. The Bertz CT molecular complexity index is 1490. The normalized spacial score (nSPS) is 13.4. The van der Waals surface area contributed by atoms with Gasteiger partial charge in [-0.1, -0.05) is 95.3 Å². The van der Waals surface area contributed by atoms with Crippen LogP contribution < -0.4 is 4.57 Å². The van der Waals surface area contributed by atoms with E-state index in [4.69, 9.17) is 0 Å². The number of aromatic nitrogens is 2. The average Bonchev–Trinajstić information content (AvgIpc) is 3.38. The van der Waals surface area contributed by atoms with Crippen molar-refractivity contribution >= 4 is 10.1 Å². The maximum Gasteiger partial charge on any atom is 0.294 e. The molecule has 41 heavy (non-hydrogen) atoms. The highest BCUT2D eigenvalue weighted by atomic mass is 32.2. The number of rotatable bonds is 12. The van der Waals surface area contributed by atoms with E-state index in [1.807, 2.05) is 0 Å². The lowest BCUT2D eigenvalue weighted by Crippen LogP contribution is -2.31. The summed E-state index contributed by atoms with van der Waals surface area (Å²) in [7, 11) is -4.17. The molecular formula is C35H46N2O3S. The minimum absolute atomic E-state index is 0. The molecular weight excluding hydrogens is 528 g/mol. The fraction of sp³-hybridized carbons (Fsp3) is 0.371. The third-order valence-corrected chi connectivity index (χ3v) is 9.19. The van der Waals surface area contributed by atoms with E-state index in [1.165, 1.54) is 34.4 Å². The summed E-state index contributed by atoms with van der Waals surface area (Å²) in [6, 6.07) is 24.5. The van der Waals surface area contributed by atoms with Gasteiger partial charge in [0.1, 0.15) is 25.5 Å². The number of imidazole rings is 1. The summed E-state index contributed by atoms with van der Waals surface area (Å²) in [5.41, 5.74) is 6.27. The molecule has 2 unspecified atom stereocenters. The second kappa shape index (κ2) is 13.6. The molecule has 4 rings (SSSR count). The molecule has 5 nitrogen and oxygen atoms in total. The summed E-state index contributed by atoms with van der Waals surface area (Å²) in [5.74, 6) is 1.01. The van der Waals surface area contributed by atoms with Crippen LogP contribution in [-0.4, -0.2) is 17.5 Å². The van der Waals surface area contributed by atoms with Crippen LogP contribution in [0.4, 0.5) is 0 Å². The maximum absolute atomic E-state index is 11.3. The second-order valence-corrected chi connectivity index (χ2v) is 13.3. The van der Waals surface area contributed by atoms with E-state index >= 15 is 0 Å². The molecule has 0 saturated heterocycles. The molecule has 3 aromatic carbocycles. The average molecular weight is 575 g/mol. The lowest BCUT2D eigenvalue weighted by Gasteiger charge is -2.27. The van der Waals surface area contributed by atoms with E-state index in [-0.39, 0.29) is 17.7 Å². The summed E-state index contributed by atoms with van der Waals surface area (Å²) in [6.45, 7) is 12.8. The Morgan fingerprint density at radius 1 is 0.854 bits per heavy atom. The van der Waals surface area contributed by atoms with Crippen LogP contribution in [0.3, 0.4) is 0 Å². The third-order valence-electron chi connectivity index (χ3n) is 8.32. The summed E-state index contributed by atoms with van der Waals surface area (Å²) in [5, 5.41) is 0. The molecule has 0 bridgehead atoms. The van der Waals surface area contributed by atoms with Crippen LogP contribution in [-0.2, 0) is 28.6 Å². The zero-order chi connectivity index (χ0) is 28.9. The van der Waals surface area contributed by atoms with Crippen LogP contribution in [0, 0.1) is 7.43 Å². The van der Waals surface area contributed by atoms with Gasteiger partial charge >= 0.3 is 0 Å². The Morgan fingerprint density at radius 3 is 1.98 bits per heavy atom. The Morgan fingerprint density at radius 2 is 1.41 bits per heavy atom. The molecule has 0 aliphatic rings. The largest absolute Gasteiger partial charge is 0.358 e. The van der Waals surface area contributed by atoms with Gasteiger partial charge in [-0.15, -0.1) is 0 Å². The second-order valence-electron chi connectivity index (χ2n) is 11.9. The summed E-state index contributed by atoms with van der Waals surface area (Å²) in [6.07, 6.45) is 9.58. The molecule has 4 aromatic rings. The monoisotopic (exact) mass is 574 g/mol. The standard InChI is InChI=1S/C34H42N2O3S.CH3/c1-6-26(2)30-11-7-28(8-12-30)23-35-21-22-36(25-35)24-29-9-13-31(14-10-29)27(3)19-20-34(4,5)32-15-17-33(18-16-32)40(37,38)39;/h7-18,21-22,25-27H,6,19-20,23-24H2,1-5H3;1H3/q;-1/p+1. The van der Waals surface area contributed by atoms with Crippen molar-refractivity contribution in [1.29, 1.82) is 0 Å². The van der Waals surface area contributed by atoms with Crippen molar-refractivity contribution in [3.05, 3.63) is 127 Å². The Kier molecular flexibility index (Phi) is 10.7. The highest BCUT2D eigenvalue weighted by Crippen LogP contribution is 2.33. The fourth-order valence-electron chi connectivity index (χ4n) is 5.15. The molecule has 6 heteroatoms. The molecule has 0 fully saturated rings. The minimum Gasteiger partial charge on any atom is -0.358 e. The van der Waals surface area contributed by atoms with E-state index in [2.05, 4.69) is 111 Å². The first-order chi connectivity index (χ1) is 18.9. The molecule has 1 aromatic heterocycles. The van der Waals surface area contributed by atoms with Crippen molar-refractivity contribution in [1.82, 2.24) is 4.57 Å². The summed E-state index contributed by atoms with van der Waals surface area (Å²) in [4.78, 5) is -0.0676. The van der Waals surface area contributed by atoms with Crippen LogP contribution in [0.1, 0.15) is 93.5 Å². The first kappa shape index (κ1) is 32.3. The quantitative estimate of drug-likeness (QED) is 0.106. The van der Waals surface area contributed by atoms with Crippen LogP contribution in [0.5, 0.6) is 0 Å². The molecule has 220 valence electrons.